The van der Waals surface area contributed by atoms with E-state index in [1.54, 1.807) is 19.0 Å². The standard InChI is InChI=1S/C20H37N5O2S.HI/c1-4-25-9-5-6-17(25)13-21-19(22-14-18(26)24(2)3)23-16-7-10-27-20(12-16)8-11-28-15-20;/h16-17H,4-15H2,1-3H3,(H2,21,22,23);1H. The van der Waals surface area contributed by atoms with Gasteiger partial charge in [-0.1, -0.05) is 6.92 Å². The van der Waals surface area contributed by atoms with E-state index in [2.05, 4.69) is 27.4 Å². The SMILES string of the molecule is CCN1CCCC1CNC(=NCC(=O)N(C)C)NC1CCOC2(CCSC2)C1.I. The van der Waals surface area contributed by atoms with Crippen LogP contribution < -0.4 is 10.6 Å². The molecule has 0 aromatic rings. The lowest BCUT2D eigenvalue weighted by Gasteiger charge is -2.38. The summed E-state index contributed by atoms with van der Waals surface area (Å²) < 4.78 is 6.15. The maximum absolute atomic E-state index is 12.0. The number of thioether (sulfide) groups is 1. The van der Waals surface area contributed by atoms with Gasteiger partial charge in [0.05, 0.1) is 5.60 Å². The number of aliphatic imine (C=N–C) groups is 1. The third-order valence-corrected chi connectivity index (χ3v) is 7.41. The summed E-state index contributed by atoms with van der Waals surface area (Å²) in [5.41, 5.74) is 0.0373. The van der Waals surface area contributed by atoms with Crippen LogP contribution in [0.15, 0.2) is 4.99 Å². The van der Waals surface area contributed by atoms with E-state index < -0.39 is 0 Å². The van der Waals surface area contributed by atoms with Crippen LogP contribution in [0.5, 0.6) is 0 Å². The van der Waals surface area contributed by atoms with Crippen molar-refractivity contribution in [2.45, 2.75) is 56.7 Å². The number of amides is 1. The number of nitrogens with zero attached hydrogens (tertiary/aromatic N) is 3. The van der Waals surface area contributed by atoms with E-state index >= 15 is 0 Å². The molecule has 1 amide bonds. The smallest absolute Gasteiger partial charge is 0.243 e. The molecule has 3 fully saturated rings. The molecule has 3 aliphatic heterocycles. The Kier molecular flexibility index (Phi) is 10.3. The van der Waals surface area contributed by atoms with Crippen molar-refractivity contribution in [2.75, 3.05) is 58.4 Å². The Labute approximate surface area is 197 Å². The predicted octanol–water partition coefficient (Wildman–Crippen LogP) is 1.77. The first-order valence-corrected chi connectivity index (χ1v) is 11.9. The molecule has 2 N–H and O–H groups in total. The van der Waals surface area contributed by atoms with E-state index in [0.717, 1.165) is 50.7 Å². The van der Waals surface area contributed by atoms with E-state index in [1.165, 1.54) is 25.1 Å². The number of likely N-dealkylation sites (tertiary alicyclic amines) is 1. The molecule has 3 aliphatic rings. The molecule has 0 bridgehead atoms. The first-order chi connectivity index (χ1) is 13.5. The molecule has 0 aliphatic carbocycles. The van der Waals surface area contributed by atoms with E-state index in [-0.39, 0.29) is 42.0 Å². The monoisotopic (exact) mass is 539 g/mol. The summed E-state index contributed by atoms with van der Waals surface area (Å²) in [6.07, 6.45) is 5.64. The van der Waals surface area contributed by atoms with Crippen LogP contribution in [-0.4, -0.2) is 97.7 Å². The minimum Gasteiger partial charge on any atom is -0.374 e. The molecule has 1 spiro atoms. The number of guanidine groups is 1. The average Bonchev–Trinajstić information content (AvgIpc) is 3.32. The molecule has 0 radical (unpaired) electrons. The fourth-order valence-corrected chi connectivity index (χ4v) is 5.78. The Morgan fingerprint density at radius 2 is 2.21 bits per heavy atom. The summed E-state index contributed by atoms with van der Waals surface area (Å²) in [5.74, 6) is 3.08. The second kappa shape index (κ2) is 12.0. The molecule has 0 saturated carbocycles. The van der Waals surface area contributed by atoms with Gasteiger partial charge in [0.2, 0.25) is 5.91 Å². The summed E-state index contributed by atoms with van der Waals surface area (Å²) >= 11 is 1.99. The third-order valence-electron chi connectivity index (χ3n) is 6.18. The number of ether oxygens (including phenoxy) is 1. The molecule has 0 aromatic carbocycles. The average molecular weight is 540 g/mol. The zero-order chi connectivity index (χ0) is 20.0. The van der Waals surface area contributed by atoms with Crippen molar-refractivity contribution in [2.24, 2.45) is 4.99 Å². The van der Waals surface area contributed by atoms with Crippen LogP contribution in [0.1, 0.15) is 39.0 Å². The molecular weight excluding hydrogens is 501 g/mol. The van der Waals surface area contributed by atoms with Gasteiger partial charge in [-0.15, -0.1) is 24.0 Å². The molecule has 168 valence electrons. The quantitative estimate of drug-likeness (QED) is 0.305. The van der Waals surface area contributed by atoms with E-state index in [0.29, 0.717) is 12.1 Å². The van der Waals surface area contributed by atoms with Crippen LogP contribution >= 0.6 is 35.7 Å². The molecule has 9 heteroatoms. The lowest BCUT2D eigenvalue weighted by atomic mass is 9.90. The molecule has 0 aromatic heterocycles. The first kappa shape index (κ1) is 25.0. The fraction of sp³-hybridized carbons (Fsp3) is 0.900. The van der Waals surface area contributed by atoms with Crippen LogP contribution in [0, 0.1) is 0 Å². The number of hydrogen-bond acceptors (Lipinski definition) is 5. The predicted molar refractivity (Wildman–Crippen MR) is 131 cm³/mol. The molecule has 3 unspecified atom stereocenters. The summed E-state index contributed by atoms with van der Waals surface area (Å²) in [5, 5.41) is 7.15. The Balaban J connectivity index is 0.00000300. The topological polar surface area (TPSA) is 69.2 Å². The number of carbonyl (C=O) groups is 1. The summed E-state index contributed by atoms with van der Waals surface area (Å²) in [7, 11) is 3.55. The first-order valence-electron chi connectivity index (χ1n) is 10.7. The number of rotatable bonds is 6. The highest BCUT2D eigenvalue weighted by Crippen LogP contribution is 2.38. The molecule has 3 saturated heterocycles. The van der Waals surface area contributed by atoms with Gasteiger partial charge in [-0.3, -0.25) is 9.69 Å². The van der Waals surface area contributed by atoms with Gasteiger partial charge in [-0.05, 0) is 50.9 Å². The van der Waals surface area contributed by atoms with E-state index in [4.69, 9.17) is 4.74 Å². The number of likely N-dealkylation sites (N-methyl/N-ethyl adjacent to an activating group) is 2. The summed E-state index contributed by atoms with van der Waals surface area (Å²) in [6, 6.07) is 0.896. The lowest BCUT2D eigenvalue weighted by Crippen LogP contribution is -2.53. The Bertz CT molecular complexity index is 557. The van der Waals surface area contributed by atoms with Crippen molar-refractivity contribution < 1.29 is 9.53 Å². The molecule has 3 rings (SSSR count). The Morgan fingerprint density at radius 3 is 2.90 bits per heavy atom. The number of halogens is 1. The van der Waals surface area contributed by atoms with Gasteiger partial charge in [-0.25, -0.2) is 4.99 Å². The molecule has 7 nitrogen and oxygen atoms in total. The summed E-state index contributed by atoms with van der Waals surface area (Å²) in [6.45, 7) is 6.35. The number of nitrogens with one attached hydrogen (secondary N) is 2. The molecule has 29 heavy (non-hydrogen) atoms. The minimum atomic E-state index is 0. The number of carbonyl (C=O) groups excluding carboxylic acids is 1. The minimum absolute atomic E-state index is 0. The fourth-order valence-electron chi connectivity index (χ4n) is 4.41. The van der Waals surface area contributed by atoms with Gasteiger partial charge in [0.1, 0.15) is 6.54 Å². The van der Waals surface area contributed by atoms with E-state index in [1.807, 2.05) is 11.8 Å². The normalized spacial score (nSPS) is 30.2. The molecule has 3 atom stereocenters. The summed E-state index contributed by atoms with van der Waals surface area (Å²) in [4.78, 5) is 20.8. The van der Waals surface area contributed by atoms with Gasteiger partial charge >= 0.3 is 0 Å². The van der Waals surface area contributed by atoms with E-state index in [9.17, 15) is 4.79 Å². The van der Waals surface area contributed by atoms with Crippen molar-refractivity contribution in [1.29, 1.82) is 0 Å². The lowest BCUT2D eigenvalue weighted by molar-refractivity contribution is -0.127. The highest BCUT2D eigenvalue weighted by Gasteiger charge is 2.40. The molecule has 3 heterocycles. The van der Waals surface area contributed by atoms with Crippen molar-refractivity contribution in [3.63, 3.8) is 0 Å². The second-order valence-electron chi connectivity index (χ2n) is 8.43. The van der Waals surface area contributed by atoms with Crippen molar-refractivity contribution in [3.8, 4) is 0 Å². The largest absolute Gasteiger partial charge is 0.374 e. The highest BCUT2D eigenvalue weighted by atomic mass is 127. The number of hydrogen-bond donors (Lipinski definition) is 2. The van der Waals surface area contributed by atoms with Crippen LogP contribution in [-0.2, 0) is 9.53 Å². The molecular formula is C20H38IN5O2S. The van der Waals surface area contributed by atoms with Crippen LogP contribution in [0.2, 0.25) is 0 Å². The maximum Gasteiger partial charge on any atom is 0.243 e. The van der Waals surface area contributed by atoms with Gasteiger partial charge in [0.15, 0.2) is 5.96 Å². The van der Waals surface area contributed by atoms with Gasteiger partial charge in [-0.2, -0.15) is 11.8 Å². The maximum atomic E-state index is 12.0. The van der Waals surface area contributed by atoms with Gasteiger partial charge in [0.25, 0.3) is 0 Å². The highest BCUT2D eigenvalue weighted by molar-refractivity contribution is 14.0. The van der Waals surface area contributed by atoms with Crippen molar-refractivity contribution in [3.05, 3.63) is 0 Å². The van der Waals surface area contributed by atoms with Crippen molar-refractivity contribution >= 4 is 47.6 Å². The van der Waals surface area contributed by atoms with Crippen LogP contribution in [0.4, 0.5) is 0 Å². The van der Waals surface area contributed by atoms with Crippen LogP contribution in [0.25, 0.3) is 0 Å². The van der Waals surface area contributed by atoms with Crippen LogP contribution in [0.3, 0.4) is 0 Å². The Hall–Kier alpha value is -0.260. The third kappa shape index (κ3) is 7.14. The van der Waals surface area contributed by atoms with Gasteiger partial charge < -0.3 is 20.3 Å². The second-order valence-corrected chi connectivity index (χ2v) is 9.53. The van der Waals surface area contributed by atoms with Crippen molar-refractivity contribution in [1.82, 2.24) is 20.4 Å². The Morgan fingerprint density at radius 1 is 1.38 bits per heavy atom. The zero-order valence-electron chi connectivity index (χ0n) is 18.1. The van der Waals surface area contributed by atoms with Gasteiger partial charge in [0, 0.05) is 45.1 Å². The zero-order valence-corrected chi connectivity index (χ0v) is 21.3.